The lowest BCUT2D eigenvalue weighted by Crippen LogP contribution is -2.53. The lowest BCUT2D eigenvalue weighted by atomic mass is 10.1. The third kappa shape index (κ3) is 4.73. The summed E-state index contributed by atoms with van der Waals surface area (Å²) >= 11 is 0. The van der Waals surface area contributed by atoms with Crippen LogP contribution in [0, 0.1) is 0 Å². The summed E-state index contributed by atoms with van der Waals surface area (Å²) in [5.41, 5.74) is -0.0448. The fourth-order valence-electron chi connectivity index (χ4n) is 1.72. The number of nitrogens with one attached hydrogen (secondary N) is 1. The molecule has 2 amide bonds. The van der Waals surface area contributed by atoms with Crippen LogP contribution in [0.15, 0.2) is 0 Å². The molecule has 1 N–H and O–H groups in total. The highest BCUT2D eigenvalue weighted by atomic mass is 16.2. The third-order valence-electron chi connectivity index (χ3n) is 2.85. The zero-order chi connectivity index (χ0) is 13.1. The van der Waals surface area contributed by atoms with Gasteiger partial charge in [0.25, 0.3) is 0 Å². The van der Waals surface area contributed by atoms with Crippen LogP contribution in [0.5, 0.6) is 0 Å². The summed E-state index contributed by atoms with van der Waals surface area (Å²) in [7, 11) is 0. The molecule has 0 unspecified atom stereocenters. The maximum atomic E-state index is 11.9. The maximum absolute atomic E-state index is 11.9. The Hall–Kier alpha value is -1.10. The molecule has 0 saturated carbocycles. The minimum Gasteiger partial charge on any atom is -0.339 e. The molecule has 0 aromatic carbocycles. The molecule has 0 atom stereocenters. The molecule has 5 heteroatoms. The van der Waals surface area contributed by atoms with E-state index in [9.17, 15) is 9.59 Å². The number of hydrogen-bond donors (Lipinski definition) is 1. The van der Waals surface area contributed by atoms with E-state index in [0.29, 0.717) is 32.7 Å². The van der Waals surface area contributed by atoms with Crippen molar-refractivity contribution in [1.82, 2.24) is 15.1 Å². The number of rotatable bonds is 2. The fraction of sp³-hybridized carbons (Fsp3) is 0.833. The molecule has 1 fully saturated rings. The van der Waals surface area contributed by atoms with E-state index < -0.39 is 0 Å². The van der Waals surface area contributed by atoms with Crippen LogP contribution in [-0.2, 0) is 9.59 Å². The molecule has 0 aromatic heterocycles. The first-order valence-electron chi connectivity index (χ1n) is 6.08. The van der Waals surface area contributed by atoms with Gasteiger partial charge in [0.05, 0.1) is 6.54 Å². The minimum atomic E-state index is -0.0448. The van der Waals surface area contributed by atoms with Crippen molar-refractivity contribution in [3.05, 3.63) is 0 Å². The van der Waals surface area contributed by atoms with Crippen LogP contribution in [-0.4, -0.2) is 59.9 Å². The Balaban J connectivity index is 2.33. The average Bonchev–Trinajstić information content (AvgIpc) is 2.25. The first-order valence-corrected chi connectivity index (χ1v) is 6.08. The van der Waals surface area contributed by atoms with Gasteiger partial charge in [-0.25, -0.2) is 0 Å². The van der Waals surface area contributed by atoms with Gasteiger partial charge in [-0.15, -0.1) is 0 Å². The maximum Gasteiger partial charge on any atom is 0.236 e. The van der Waals surface area contributed by atoms with Crippen LogP contribution in [0.25, 0.3) is 0 Å². The number of carbonyl (C=O) groups excluding carboxylic acids is 2. The second-order valence-corrected chi connectivity index (χ2v) is 5.49. The fourth-order valence-corrected chi connectivity index (χ4v) is 1.72. The van der Waals surface area contributed by atoms with Crippen molar-refractivity contribution in [3.8, 4) is 0 Å². The Kier molecular flexibility index (Phi) is 4.51. The Morgan fingerprint density at radius 2 is 1.53 bits per heavy atom. The van der Waals surface area contributed by atoms with Gasteiger partial charge in [-0.3, -0.25) is 9.59 Å². The monoisotopic (exact) mass is 241 g/mol. The SMILES string of the molecule is CC(=O)N1CCN(C(=O)CNC(C)(C)C)CC1. The topological polar surface area (TPSA) is 52.7 Å². The summed E-state index contributed by atoms with van der Waals surface area (Å²) in [6.45, 7) is 10.6. The van der Waals surface area contributed by atoms with Gasteiger partial charge in [-0.05, 0) is 20.8 Å². The van der Waals surface area contributed by atoms with Crippen molar-refractivity contribution in [2.24, 2.45) is 0 Å². The van der Waals surface area contributed by atoms with Gasteiger partial charge in [0.2, 0.25) is 11.8 Å². The van der Waals surface area contributed by atoms with Crippen molar-refractivity contribution < 1.29 is 9.59 Å². The number of piperazine rings is 1. The summed E-state index contributed by atoms with van der Waals surface area (Å²) in [6, 6.07) is 0. The summed E-state index contributed by atoms with van der Waals surface area (Å²) in [5.74, 6) is 0.202. The molecule has 17 heavy (non-hydrogen) atoms. The zero-order valence-electron chi connectivity index (χ0n) is 11.2. The van der Waals surface area contributed by atoms with Gasteiger partial charge in [0.15, 0.2) is 0 Å². The average molecular weight is 241 g/mol. The molecule has 0 bridgehead atoms. The van der Waals surface area contributed by atoms with Crippen molar-refractivity contribution in [1.29, 1.82) is 0 Å². The molecule has 0 aromatic rings. The Labute approximate surface area is 103 Å². The van der Waals surface area contributed by atoms with E-state index in [1.165, 1.54) is 0 Å². The highest BCUT2D eigenvalue weighted by molar-refractivity contribution is 5.79. The van der Waals surface area contributed by atoms with E-state index in [2.05, 4.69) is 5.32 Å². The van der Waals surface area contributed by atoms with E-state index in [0.717, 1.165) is 0 Å². The molecule has 1 saturated heterocycles. The first-order chi connectivity index (χ1) is 7.79. The highest BCUT2D eigenvalue weighted by Gasteiger charge is 2.22. The highest BCUT2D eigenvalue weighted by Crippen LogP contribution is 2.03. The molecular formula is C12H23N3O2. The second kappa shape index (κ2) is 5.49. The minimum absolute atomic E-state index is 0.0448. The van der Waals surface area contributed by atoms with E-state index in [-0.39, 0.29) is 17.4 Å². The van der Waals surface area contributed by atoms with Crippen LogP contribution in [0.1, 0.15) is 27.7 Å². The largest absolute Gasteiger partial charge is 0.339 e. The molecule has 1 heterocycles. The lowest BCUT2D eigenvalue weighted by molar-refractivity contribution is -0.138. The van der Waals surface area contributed by atoms with Gasteiger partial charge in [-0.1, -0.05) is 0 Å². The zero-order valence-corrected chi connectivity index (χ0v) is 11.2. The quantitative estimate of drug-likeness (QED) is 0.744. The summed E-state index contributed by atoms with van der Waals surface area (Å²) < 4.78 is 0. The summed E-state index contributed by atoms with van der Waals surface area (Å²) in [6.07, 6.45) is 0. The molecule has 5 nitrogen and oxygen atoms in total. The number of amides is 2. The van der Waals surface area contributed by atoms with Gasteiger partial charge >= 0.3 is 0 Å². The number of carbonyl (C=O) groups is 2. The summed E-state index contributed by atoms with van der Waals surface area (Å²) in [4.78, 5) is 26.6. The standard InChI is InChI=1S/C12H23N3O2/c1-10(16)14-5-7-15(8-6-14)11(17)9-13-12(2,3)4/h13H,5-9H2,1-4H3. The van der Waals surface area contributed by atoms with Gasteiger partial charge < -0.3 is 15.1 Å². The lowest BCUT2D eigenvalue weighted by Gasteiger charge is -2.34. The second-order valence-electron chi connectivity index (χ2n) is 5.49. The van der Waals surface area contributed by atoms with E-state index in [4.69, 9.17) is 0 Å². The Bertz CT molecular complexity index is 289. The van der Waals surface area contributed by atoms with Crippen LogP contribution in [0.3, 0.4) is 0 Å². The van der Waals surface area contributed by atoms with Crippen molar-refractivity contribution in [2.75, 3.05) is 32.7 Å². The summed E-state index contributed by atoms with van der Waals surface area (Å²) in [5, 5.41) is 3.18. The molecule has 1 aliphatic heterocycles. The Morgan fingerprint density at radius 1 is 1.06 bits per heavy atom. The van der Waals surface area contributed by atoms with Crippen LogP contribution in [0.4, 0.5) is 0 Å². The predicted octanol–water partition coefficient (Wildman–Crippen LogP) is 0.0652. The number of nitrogens with zero attached hydrogens (tertiary/aromatic N) is 2. The van der Waals surface area contributed by atoms with Crippen LogP contribution >= 0.6 is 0 Å². The van der Waals surface area contributed by atoms with E-state index >= 15 is 0 Å². The van der Waals surface area contributed by atoms with Crippen molar-refractivity contribution >= 4 is 11.8 Å². The van der Waals surface area contributed by atoms with Crippen molar-refractivity contribution in [2.45, 2.75) is 33.2 Å². The van der Waals surface area contributed by atoms with Gasteiger partial charge in [0.1, 0.15) is 0 Å². The van der Waals surface area contributed by atoms with Gasteiger partial charge in [0, 0.05) is 38.6 Å². The third-order valence-corrected chi connectivity index (χ3v) is 2.85. The molecular weight excluding hydrogens is 218 g/mol. The predicted molar refractivity (Wildman–Crippen MR) is 66.6 cm³/mol. The first kappa shape index (κ1) is 14.0. The van der Waals surface area contributed by atoms with Gasteiger partial charge in [-0.2, -0.15) is 0 Å². The number of hydrogen-bond acceptors (Lipinski definition) is 3. The molecule has 0 aliphatic carbocycles. The molecule has 0 spiro atoms. The smallest absolute Gasteiger partial charge is 0.236 e. The van der Waals surface area contributed by atoms with Crippen molar-refractivity contribution in [3.63, 3.8) is 0 Å². The van der Waals surface area contributed by atoms with Crippen LogP contribution < -0.4 is 5.32 Å². The molecule has 1 aliphatic rings. The molecule has 98 valence electrons. The van der Waals surface area contributed by atoms with Crippen LogP contribution in [0.2, 0.25) is 0 Å². The molecule has 0 radical (unpaired) electrons. The normalized spacial score (nSPS) is 17.2. The Morgan fingerprint density at radius 3 is 1.94 bits per heavy atom. The van der Waals surface area contributed by atoms with E-state index in [1.54, 1.807) is 11.8 Å². The van der Waals surface area contributed by atoms with E-state index in [1.807, 2.05) is 25.7 Å². The molecule has 1 rings (SSSR count).